The number of imidazole rings is 3. The lowest BCUT2D eigenvalue weighted by molar-refractivity contribution is -0.117. The number of carbonyl (C=O) groups is 9. The molecule has 0 atom stereocenters. The van der Waals surface area contributed by atoms with Crippen LogP contribution in [0.3, 0.4) is 0 Å². The fraction of sp³-hybridized carbons (Fsp3) is 0.395. The fourth-order valence-electron chi connectivity index (χ4n) is 6.49. The van der Waals surface area contributed by atoms with Crippen molar-refractivity contribution in [1.82, 2.24) is 53.7 Å². The van der Waals surface area contributed by atoms with Gasteiger partial charge in [0.05, 0.1) is 18.0 Å². The number of hydrogen-bond donors (Lipinski definition) is 8. The van der Waals surface area contributed by atoms with Gasteiger partial charge in [-0.15, -0.1) is 0 Å². The molecule has 27 nitrogen and oxygen atoms in total. The number of aromatic nitrogens is 8. The van der Waals surface area contributed by atoms with Crippen molar-refractivity contribution in [2.75, 3.05) is 52.8 Å². The summed E-state index contributed by atoms with van der Waals surface area (Å²) in [5, 5.41) is 20.8. The molecular weight excluding hydrogens is 917 g/mol. The average Bonchev–Trinajstić information content (AvgIpc) is 4.08. The van der Waals surface area contributed by atoms with E-state index in [2.05, 4.69) is 57.5 Å². The molecule has 0 aliphatic rings. The second-order valence-corrected chi connectivity index (χ2v) is 16.6. The monoisotopic (exact) mass is 972 g/mol. The van der Waals surface area contributed by atoms with Crippen LogP contribution >= 0.6 is 0 Å². The topological polar surface area (TPSA) is 332 Å². The first-order valence-electron chi connectivity index (χ1n) is 21.7. The molecule has 8 N–H and O–H groups in total. The van der Waals surface area contributed by atoms with Gasteiger partial charge < -0.3 is 74.8 Å². The summed E-state index contributed by atoms with van der Waals surface area (Å²) in [6.45, 7) is 6.84. The van der Waals surface area contributed by atoms with Gasteiger partial charge in [-0.3, -0.25) is 33.6 Å². The maximum atomic E-state index is 13.3. The second kappa shape index (κ2) is 22.8. The Morgan fingerprint density at radius 3 is 1.54 bits per heavy atom. The molecule has 5 aromatic heterocycles. The molecule has 0 aromatic carbocycles. The van der Waals surface area contributed by atoms with Crippen molar-refractivity contribution in [3.05, 3.63) is 72.0 Å². The van der Waals surface area contributed by atoms with Gasteiger partial charge in [0.15, 0.2) is 17.5 Å². The third-order valence-corrected chi connectivity index (χ3v) is 9.62. The third-order valence-electron chi connectivity index (χ3n) is 9.62. The molecule has 0 aliphatic heterocycles. The lowest BCUT2D eigenvalue weighted by Gasteiger charge is -2.19. The molecule has 5 heterocycles. The molecule has 0 unspecified atom stereocenters. The number of nitrogens with one attached hydrogen (secondary N) is 8. The first-order valence-corrected chi connectivity index (χ1v) is 21.7. The molecule has 0 saturated carbocycles. The minimum atomic E-state index is -0.693. The molecule has 374 valence electrons. The molecule has 0 saturated heterocycles. The van der Waals surface area contributed by atoms with E-state index in [9.17, 15) is 43.2 Å². The molecule has 0 aliphatic carbocycles. The molecule has 5 rings (SSSR count). The summed E-state index contributed by atoms with van der Waals surface area (Å²) in [5.41, 5.74) is -0.00560. The predicted molar refractivity (Wildman–Crippen MR) is 251 cm³/mol. The zero-order valence-corrected chi connectivity index (χ0v) is 40.1. The summed E-state index contributed by atoms with van der Waals surface area (Å²) in [7, 11) is 7.86. The first kappa shape index (κ1) is 52.2. The van der Waals surface area contributed by atoms with Crippen LogP contribution in [0.4, 0.5) is 33.6 Å². The molecule has 0 bridgehead atoms. The summed E-state index contributed by atoms with van der Waals surface area (Å²) < 4.78 is 17.2. The van der Waals surface area contributed by atoms with Crippen LogP contribution in [0.1, 0.15) is 99.8 Å². The number of nitrogens with zero attached hydrogens (tertiary/aromatic N) is 8. The van der Waals surface area contributed by atoms with Gasteiger partial charge in [-0.1, -0.05) is 0 Å². The van der Waals surface area contributed by atoms with E-state index in [0.29, 0.717) is 0 Å². The van der Waals surface area contributed by atoms with Crippen LogP contribution in [-0.4, -0.2) is 123 Å². The fourth-order valence-corrected chi connectivity index (χ4v) is 6.49. The summed E-state index contributed by atoms with van der Waals surface area (Å²) >= 11 is 0. The van der Waals surface area contributed by atoms with Gasteiger partial charge >= 0.3 is 12.1 Å². The Labute approximate surface area is 400 Å². The third kappa shape index (κ3) is 14.4. The number of esters is 1. The van der Waals surface area contributed by atoms with Crippen molar-refractivity contribution in [2.45, 2.75) is 52.6 Å². The maximum absolute atomic E-state index is 13.3. The summed E-state index contributed by atoms with van der Waals surface area (Å²) in [5.74, 6) is -4.36. The van der Waals surface area contributed by atoms with Gasteiger partial charge in [-0.05, 0) is 39.8 Å². The molecular formula is C43H56N16O11. The van der Waals surface area contributed by atoms with Gasteiger partial charge in [0, 0.05) is 105 Å². The van der Waals surface area contributed by atoms with Gasteiger partial charge in [-0.2, -0.15) is 0 Å². The minimum Gasteiger partial charge on any atom is -0.460 e. The van der Waals surface area contributed by atoms with E-state index in [4.69, 9.17) is 9.47 Å². The summed E-state index contributed by atoms with van der Waals surface area (Å²) in [4.78, 5) is 127. The highest BCUT2D eigenvalue weighted by molar-refractivity contribution is 6.08. The molecule has 70 heavy (non-hydrogen) atoms. The van der Waals surface area contributed by atoms with Crippen LogP contribution in [-0.2, 0) is 59.1 Å². The van der Waals surface area contributed by atoms with Crippen molar-refractivity contribution in [3.63, 3.8) is 0 Å². The maximum Gasteiger partial charge on any atom is 0.407 e. The highest BCUT2D eigenvalue weighted by Gasteiger charge is 2.23. The van der Waals surface area contributed by atoms with Gasteiger partial charge in [-0.25, -0.2) is 24.5 Å². The quantitative estimate of drug-likeness (QED) is 0.0514. The van der Waals surface area contributed by atoms with E-state index in [1.165, 1.54) is 66.8 Å². The zero-order chi connectivity index (χ0) is 51.4. The van der Waals surface area contributed by atoms with Crippen LogP contribution in [0.5, 0.6) is 0 Å². The van der Waals surface area contributed by atoms with Crippen LogP contribution in [0, 0.1) is 0 Å². The zero-order valence-electron chi connectivity index (χ0n) is 40.1. The van der Waals surface area contributed by atoms with Gasteiger partial charge in [0.1, 0.15) is 17.0 Å². The highest BCUT2D eigenvalue weighted by atomic mass is 16.6. The molecule has 5 aromatic rings. The Morgan fingerprint density at radius 2 is 1.03 bits per heavy atom. The van der Waals surface area contributed by atoms with Crippen LogP contribution in [0.15, 0.2) is 43.1 Å². The minimum absolute atomic E-state index is 0.0120. The number of anilines is 5. The second-order valence-electron chi connectivity index (χ2n) is 16.6. The van der Waals surface area contributed by atoms with Gasteiger partial charge in [0.2, 0.25) is 35.2 Å². The summed E-state index contributed by atoms with van der Waals surface area (Å²) in [6, 6.07) is 2.94. The predicted octanol–water partition coefficient (Wildman–Crippen LogP) is 1.62. The standard InChI is InChI=1S/C43H56N16O11/c1-10-69-41(67)36-54-29(23-59(36)9)51-31(61)12-16-45-38(64)33-25(14-18-55(33)5)48-40(66)35-53-28(22-58(35)8)49-30(60)11-15-44-37(63)26-19-24(20-56(26)6)47-39(65)34-52-27(21-57(34)7)50-32(62)13-17-46-42(68)70-43(2,3)4/h14,18-23H,10-13,15-17H2,1-9H3,(H,44,63)(H,45,64)(H,46,68)(H,47,65)(H,48,66)(H,49,60)(H,50,62)(H,51,61). The molecule has 0 radical (unpaired) electrons. The Bertz CT molecular complexity index is 2800. The van der Waals surface area contributed by atoms with Crippen LogP contribution in [0.2, 0.25) is 0 Å². The largest absolute Gasteiger partial charge is 0.460 e. The summed E-state index contributed by atoms with van der Waals surface area (Å²) in [6.07, 6.45) is 6.34. The smallest absolute Gasteiger partial charge is 0.407 e. The lowest BCUT2D eigenvalue weighted by atomic mass is 10.2. The highest BCUT2D eigenvalue weighted by Crippen LogP contribution is 2.19. The van der Waals surface area contributed by atoms with E-state index in [1.807, 2.05) is 0 Å². The van der Waals surface area contributed by atoms with E-state index < -0.39 is 59.0 Å². The van der Waals surface area contributed by atoms with Gasteiger partial charge in [0.25, 0.3) is 23.6 Å². The first-order chi connectivity index (χ1) is 33.0. The average molecular weight is 973 g/mol. The number of carbonyl (C=O) groups excluding carboxylic acids is 9. The Kier molecular flexibility index (Phi) is 17.0. The molecule has 0 spiro atoms. The normalized spacial score (nSPS) is 11.0. The molecule has 8 amide bonds. The number of hydrogen-bond acceptors (Lipinski definition) is 14. The van der Waals surface area contributed by atoms with E-state index in [0.717, 1.165) is 0 Å². The van der Waals surface area contributed by atoms with Crippen LogP contribution in [0.25, 0.3) is 0 Å². The lowest BCUT2D eigenvalue weighted by Crippen LogP contribution is -2.34. The van der Waals surface area contributed by atoms with Crippen molar-refractivity contribution in [2.24, 2.45) is 35.2 Å². The van der Waals surface area contributed by atoms with E-state index in [1.54, 1.807) is 62.1 Å². The van der Waals surface area contributed by atoms with E-state index in [-0.39, 0.29) is 103 Å². The molecule has 0 fully saturated rings. The van der Waals surface area contributed by atoms with Crippen molar-refractivity contribution < 1.29 is 52.6 Å². The Balaban J connectivity index is 1.05. The number of ether oxygens (including phenoxy) is 2. The number of amides is 8. The Morgan fingerprint density at radius 1 is 0.557 bits per heavy atom. The van der Waals surface area contributed by atoms with E-state index >= 15 is 0 Å². The van der Waals surface area contributed by atoms with Crippen molar-refractivity contribution in [3.8, 4) is 0 Å². The number of rotatable bonds is 20. The van der Waals surface area contributed by atoms with Crippen LogP contribution < -0.4 is 42.5 Å². The van der Waals surface area contributed by atoms with Crippen molar-refractivity contribution in [1.29, 1.82) is 0 Å². The van der Waals surface area contributed by atoms with Crippen molar-refractivity contribution >= 4 is 82.2 Å². The Hall–Kier alpha value is -8.78. The number of aryl methyl sites for hydroxylation is 5. The SMILES string of the molecule is CCOC(=O)c1nc(NC(=O)CCNC(=O)c2c(NC(=O)c3nc(NC(=O)CCNC(=O)c4cc(NC(=O)c5nc(NC(=O)CCNC(=O)OC(C)(C)C)cn5C)cn4C)cn3C)ccn2C)cn1C. The number of alkyl carbamates (subject to hydrolysis) is 1. The molecule has 27 heteroatoms.